The maximum atomic E-state index is 11.7. The van der Waals surface area contributed by atoms with Gasteiger partial charge in [-0.15, -0.1) is 0 Å². The third kappa shape index (κ3) is 4.03. The summed E-state index contributed by atoms with van der Waals surface area (Å²) in [5, 5.41) is 15.0. The van der Waals surface area contributed by atoms with Gasteiger partial charge in [0.15, 0.2) is 0 Å². The van der Waals surface area contributed by atoms with E-state index in [1.54, 1.807) is 0 Å². The Labute approximate surface area is 152 Å². The lowest BCUT2D eigenvalue weighted by Gasteiger charge is -2.31. The van der Waals surface area contributed by atoms with Crippen molar-refractivity contribution in [3.63, 3.8) is 0 Å². The molecule has 2 aliphatic rings. The van der Waals surface area contributed by atoms with Gasteiger partial charge in [0.05, 0.1) is 18.0 Å². The average molecular weight is 363 g/mol. The summed E-state index contributed by atoms with van der Waals surface area (Å²) < 4.78 is 4.79. The van der Waals surface area contributed by atoms with Crippen LogP contribution in [-0.2, 0) is 9.53 Å². The Bertz CT molecular complexity index is 655. The molecule has 0 spiro atoms. The van der Waals surface area contributed by atoms with Gasteiger partial charge in [0.1, 0.15) is 6.33 Å². The summed E-state index contributed by atoms with van der Waals surface area (Å²) in [4.78, 5) is 33.2. The smallest absolute Gasteiger partial charge is 0.353 e. The number of nitrogens with one attached hydrogen (secondary N) is 1. The zero-order valence-corrected chi connectivity index (χ0v) is 15.0. The number of hydrogen-bond donors (Lipinski definition) is 1. The predicted molar refractivity (Wildman–Crippen MR) is 96.1 cm³/mol. The highest BCUT2D eigenvalue weighted by Gasteiger charge is 2.32. The van der Waals surface area contributed by atoms with Gasteiger partial charge in [0, 0.05) is 19.1 Å². The van der Waals surface area contributed by atoms with Crippen molar-refractivity contribution < 1.29 is 14.5 Å². The van der Waals surface area contributed by atoms with E-state index in [0.29, 0.717) is 37.6 Å². The van der Waals surface area contributed by atoms with Crippen molar-refractivity contribution in [2.45, 2.75) is 51.0 Å². The summed E-state index contributed by atoms with van der Waals surface area (Å²) in [6.07, 6.45) is 8.04. The molecule has 0 bridgehead atoms. The Kier molecular flexibility index (Phi) is 5.85. The first-order valence-electron chi connectivity index (χ1n) is 9.19. The number of methoxy groups -OCH3 is 1. The lowest BCUT2D eigenvalue weighted by molar-refractivity contribution is -0.383. The van der Waals surface area contributed by atoms with E-state index < -0.39 is 4.92 Å². The van der Waals surface area contributed by atoms with Crippen LogP contribution in [0.1, 0.15) is 44.9 Å². The van der Waals surface area contributed by atoms with E-state index in [0.717, 1.165) is 25.7 Å². The van der Waals surface area contributed by atoms with E-state index in [1.165, 1.54) is 19.9 Å². The Morgan fingerprint density at radius 3 is 2.54 bits per heavy atom. The van der Waals surface area contributed by atoms with Crippen LogP contribution in [0.15, 0.2) is 6.33 Å². The summed E-state index contributed by atoms with van der Waals surface area (Å²) in [5.74, 6) is 0.243. The molecule has 1 saturated carbocycles. The molecule has 9 nitrogen and oxygen atoms in total. The zero-order chi connectivity index (χ0) is 18.5. The lowest BCUT2D eigenvalue weighted by Crippen LogP contribution is -2.37. The minimum Gasteiger partial charge on any atom is -0.469 e. The van der Waals surface area contributed by atoms with Gasteiger partial charge >= 0.3 is 11.7 Å². The average Bonchev–Trinajstić information content (AvgIpc) is 2.68. The molecule has 1 aliphatic carbocycles. The molecule has 26 heavy (non-hydrogen) atoms. The maximum absolute atomic E-state index is 11.7. The molecule has 2 fully saturated rings. The van der Waals surface area contributed by atoms with Crippen molar-refractivity contribution in [2.75, 3.05) is 30.4 Å². The Hall–Kier alpha value is -2.45. The first kappa shape index (κ1) is 18.3. The van der Waals surface area contributed by atoms with E-state index in [1.807, 2.05) is 4.90 Å². The van der Waals surface area contributed by atoms with Gasteiger partial charge in [-0.05, 0) is 25.7 Å². The summed E-state index contributed by atoms with van der Waals surface area (Å²) >= 11 is 0. The Morgan fingerprint density at radius 1 is 1.23 bits per heavy atom. The number of nitro groups is 1. The standard InChI is InChI=1S/C17H25N5O4/c1-26-17(23)12-7-9-21(10-8-12)16-14(22(24)25)15(18-11-19-16)20-13-5-3-2-4-6-13/h11-13H,2-10H2,1H3,(H,18,19,20). The molecular weight excluding hydrogens is 338 g/mol. The molecule has 0 amide bonds. The fourth-order valence-corrected chi connectivity index (χ4v) is 3.81. The van der Waals surface area contributed by atoms with E-state index in [4.69, 9.17) is 4.74 Å². The number of anilines is 2. The lowest BCUT2D eigenvalue weighted by atomic mass is 9.95. The van der Waals surface area contributed by atoms with Crippen LogP contribution < -0.4 is 10.2 Å². The van der Waals surface area contributed by atoms with E-state index in [-0.39, 0.29) is 23.6 Å². The molecular formula is C17H25N5O4. The second-order valence-electron chi connectivity index (χ2n) is 6.92. The molecule has 142 valence electrons. The Balaban J connectivity index is 1.78. The summed E-state index contributed by atoms with van der Waals surface area (Å²) in [7, 11) is 1.38. The maximum Gasteiger partial charge on any atom is 0.353 e. The number of aromatic nitrogens is 2. The van der Waals surface area contributed by atoms with Gasteiger partial charge < -0.3 is 15.0 Å². The Morgan fingerprint density at radius 2 is 1.92 bits per heavy atom. The minimum atomic E-state index is -0.410. The first-order valence-corrected chi connectivity index (χ1v) is 9.19. The molecule has 2 heterocycles. The number of ether oxygens (including phenoxy) is 1. The summed E-state index contributed by atoms with van der Waals surface area (Å²) in [5.41, 5.74) is -0.0745. The predicted octanol–water partition coefficient (Wildman–Crippen LogP) is 2.52. The highest BCUT2D eigenvalue weighted by molar-refractivity contribution is 5.74. The third-order valence-corrected chi connectivity index (χ3v) is 5.26. The van der Waals surface area contributed by atoms with Crippen LogP contribution in [0.25, 0.3) is 0 Å². The number of piperidine rings is 1. The van der Waals surface area contributed by atoms with Gasteiger partial charge in [0.25, 0.3) is 0 Å². The van der Waals surface area contributed by atoms with Gasteiger partial charge in [-0.1, -0.05) is 19.3 Å². The summed E-state index contributed by atoms with van der Waals surface area (Å²) in [6, 6.07) is 0.218. The van der Waals surface area contributed by atoms with Crippen LogP contribution in [0.2, 0.25) is 0 Å². The van der Waals surface area contributed by atoms with Crippen LogP contribution in [0.5, 0.6) is 0 Å². The van der Waals surface area contributed by atoms with Crippen molar-refractivity contribution in [3.05, 3.63) is 16.4 Å². The van der Waals surface area contributed by atoms with Gasteiger partial charge in [-0.3, -0.25) is 14.9 Å². The molecule has 0 radical (unpaired) electrons. The number of esters is 1. The monoisotopic (exact) mass is 363 g/mol. The molecule has 3 rings (SSSR count). The largest absolute Gasteiger partial charge is 0.469 e. The third-order valence-electron chi connectivity index (χ3n) is 5.26. The van der Waals surface area contributed by atoms with Crippen molar-refractivity contribution in [2.24, 2.45) is 5.92 Å². The molecule has 1 aliphatic heterocycles. The topological polar surface area (TPSA) is 110 Å². The fraction of sp³-hybridized carbons (Fsp3) is 0.706. The van der Waals surface area contributed by atoms with Crippen LogP contribution >= 0.6 is 0 Å². The van der Waals surface area contributed by atoms with Gasteiger partial charge in [0.2, 0.25) is 11.6 Å². The highest BCUT2D eigenvalue weighted by atomic mass is 16.6. The molecule has 1 aromatic heterocycles. The van der Waals surface area contributed by atoms with Crippen molar-refractivity contribution >= 4 is 23.3 Å². The zero-order valence-electron chi connectivity index (χ0n) is 15.0. The number of nitrogens with zero attached hydrogens (tertiary/aromatic N) is 4. The number of hydrogen-bond acceptors (Lipinski definition) is 8. The molecule has 1 saturated heterocycles. The molecule has 9 heteroatoms. The fourth-order valence-electron chi connectivity index (χ4n) is 3.81. The number of rotatable bonds is 5. The van der Waals surface area contributed by atoms with Crippen LogP contribution in [0.3, 0.4) is 0 Å². The van der Waals surface area contributed by atoms with Crippen molar-refractivity contribution in [1.82, 2.24) is 9.97 Å². The van der Waals surface area contributed by atoms with E-state index >= 15 is 0 Å². The molecule has 0 aromatic carbocycles. The number of carbonyl (C=O) groups is 1. The summed E-state index contributed by atoms with van der Waals surface area (Å²) in [6.45, 7) is 1.06. The first-order chi connectivity index (χ1) is 12.6. The highest BCUT2D eigenvalue weighted by Crippen LogP contribution is 2.35. The van der Waals surface area contributed by atoms with E-state index in [2.05, 4.69) is 15.3 Å². The van der Waals surface area contributed by atoms with Crippen molar-refractivity contribution in [3.8, 4) is 0 Å². The van der Waals surface area contributed by atoms with Gasteiger partial charge in [-0.2, -0.15) is 0 Å². The van der Waals surface area contributed by atoms with Crippen LogP contribution in [0.4, 0.5) is 17.3 Å². The molecule has 1 N–H and O–H groups in total. The normalized spacial score (nSPS) is 19.2. The van der Waals surface area contributed by atoms with Crippen LogP contribution in [0, 0.1) is 16.0 Å². The van der Waals surface area contributed by atoms with Crippen molar-refractivity contribution in [1.29, 1.82) is 0 Å². The quantitative estimate of drug-likeness (QED) is 0.483. The van der Waals surface area contributed by atoms with Gasteiger partial charge in [-0.25, -0.2) is 9.97 Å². The molecule has 0 atom stereocenters. The molecule has 1 aromatic rings. The minimum absolute atomic E-state index is 0.0745. The second-order valence-corrected chi connectivity index (χ2v) is 6.92. The molecule has 0 unspecified atom stereocenters. The number of carbonyl (C=O) groups excluding carboxylic acids is 1. The van der Waals surface area contributed by atoms with E-state index in [9.17, 15) is 14.9 Å². The SMILES string of the molecule is COC(=O)C1CCN(c2ncnc(NC3CCCCC3)c2[N+](=O)[O-])CC1. The second kappa shape index (κ2) is 8.29. The van der Waals surface area contributed by atoms with Crippen LogP contribution in [-0.4, -0.2) is 47.1 Å².